The Labute approximate surface area is 151 Å². The number of carbonyl (C=O) groups excluding carboxylic acids is 2. The van der Waals surface area contributed by atoms with Gasteiger partial charge in [-0.25, -0.2) is 0 Å². The second kappa shape index (κ2) is 7.59. The molecule has 2 unspecified atom stereocenters. The zero-order valence-corrected chi connectivity index (χ0v) is 15.7. The summed E-state index contributed by atoms with van der Waals surface area (Å²) < 4.78 is 0. The van der Waals surface area contributed by atoms with Gasteiger partial charge < -0.3 is 9.80 Å². The third kappa shape index (κ3) is 3.58. The molecule has 25 heavy (non-hydrogen) atoms. The summed E-state index contributed by atoms with van der Waals surface area (Å²) in [5.41, 5.74) is 2.15. The summed E-state index contributed by atoms with van der Waals surface area (Å²) in [5, 5.41) is 0. The Bertz CT molecular complexity index is 641. The van der Waals surface area contributed by atoms with E-state index in [-0.39, 0.29) is 17.7 Å². The molecule has 4 nitrogen and oxygen atoms in total. The number of carbonyl (C=O) groups is 2. The Balaban J connectivity index is 1.77. The molecule has 1 aromatic rings. The molecule has 0 spiro atoms. The van der Waals surface area contributed by atoms with E-state index >= 15 is 0 Å². The van der Waals surface area contributed by atoms with Gasteiger partial charge in [0.25, 0.3) is 0 Å². The molecule has 2 saturated heterocycles. The Hall–Kier alpha value is -1.84. The number of piperidine rings is 1. The van der Waals surface area contributed by atoms with Crippen molar-refractivity contribution in [3.8, 4) is 0 Å². The van der Waals surface area contributed by atoms with E-state index in [1.54, 1.807) is 0 Å². The number of nitrogens with zero attached hydrogens (tertiary/aromatic N) is 2. The minimum Gasteiger partial charge on any atom is -0.339 e. The van der Waals surface area contributed by atoms with Gasteiger partial charge in [0.2, 0.25) is 11.8 Å². The summed E-state index contributed by atoms with van der Waals surface area (Å²) >= 11 is 0. The van der Waals surface area contributed by atoms with E-state index in [1.165, 1.54) is 12.0 Å². The van der Waals surface area contributed by atoms with E-state index in [4.69, 9.17) is 0 Å². The number of para-hydroxylation sites is 1. The fourth-order valence-corrected chi connectivity index (χ4v) is 4.28. The highest BCUT2D eigenvalue weighted by atomic mass is 16.2. The number of anilines is 1. The lowest BCUT2D eigenvalue weighted by Crippen LogP contribution is -2.46. The fourth-order valence-electron chi connectivity index (χ4n) is 4.28. The molecule has 2 aliphatic heterocycles. The number of rotatable bonds is 4. The average Bonchev–Trinajstić information content (AvgIpc) is 3.02. The van der Waals surface area contributed by atoms with Crippen LogP contribution in [-0.2, 0) is 9.59 Å². The van der Waals surface area contributed by atoms with Crippen LogP contribution in [0.5, 0.6) is 0 Å². The molecule has 2 fully saturated rings. The molecule has 0 saturated carbocycles. The van der Waals surface area contributed by atoms with E-state index in [9.17, 15) is 9.59 Å². The fraction of sp³-hybridized carbons (Fsp3) is 0.619. The third-order valence-electron chi connectivity index (χ3n) is 5.71. The molecule has 2 amide bonds. The monoisotopic (exact) mass is 342 g/mol. The normalized spacial score (nSPS) is 24.2. The first kappa shape index (κ1) is 18.0. The lowest BCUT2D eigenvalue weighted by atomic mass is 9.97. The van der Waals surface area contributed by atoms with Crippen LogP contribution in [0.1, 0.15) is 64.4 Å². The van der Waals surface area contributed by atoms with Gasteiger partial charge in [-0.05, 0) is 43.2 Å². The number of hydrogen-bond acceptors (Lipinski definition) is 2. The maximum atomic E-state index is 13.1. The predicted octanol–water partition coefficient (Wildman–Crippen LogP) is 3.95. The zero-order valence-electron chi connectivity index (χ0n) is 15.7. The van der Waals surface area contributed by atoms with Crippen molar-refractivity contribution >= 4 is 17.5 Å². The van der Waals surface area contributed by atoms with Gasteiger partial charge in [0, 0.05) is 31.2 Å². The summed E-state index contributed by atoms with van der Waals surface area (Å²) in [6.45, 7) is 7.81. The first-order valence-electron chi connectivity index (χ1n) is 9.72. The molecule has 2 atom stereocenters. The highest BCUT2D eigenvalue weighted by Crippen LogP contribution is 2.33. The molecule has 0 aliphatic carbocycles. The molecular weight excluding hydrogens is 312 g/mol. The summed E-state index contributed by atoms with van der Waals surface area (Å²) in [6.07, 6.45) is 4.75. The van der Waals surface area contributed by atoms with Crippen LogP contribution < -0.4 is 4.90 Å². The number of likely N-dealkylation sites (tertiary alicyclic amines) is 1. The van der Waals surface area contributed by atoms with Gasteiger partial charge in [0.15, 0.2) is 0 Å². The number of amides is 2. The summed E-state index contributed by atoms with van der Waals surface area (Å²) in [7, 11) is 0. The van der Waals surface area contributed by atoms with Gasteiger partial charge in [0.05, 0.1) is 5.92 Å². The van der Waals surface area contributed by atoms with Crippen LogP contribution in [0.3, 0.4) is 0 Å². The maximum Gasteiger partial charge on any atom is 0.228 e. The second-order valence-electron chi connectivity index (χ2n) is 7.71. The van der Waals surface area contributed by atoms with E-state index in [1.807, 2.05) is 23.1 Å². The van der Waals surface area contributed by atoms with Gasteiger partial charge in [0.1, 0.15) is 0 Å². The standard InChI is InChI=1S/C21H30N2O2/c1-4-17-9-7-8-12-22(17)21(25)16-13-20(24)23(14-16)19-11-6-5-10-18(19)15(2)3/h5-6,10-11,15-17H,4,7-9,12-14H2,1-3H3. The summed E-state index contributed by atoms with van der Waals surface area (Å²) in [6, 6.07) is 8.44. The van der Waals surface area contributed by atoms with E-state index in [2.05, 4.69) is 31.7 Å². The molecule has 0 bridgehead atoms. The molecule has 2 aliphatic rings. The van der Waals surface area contributed by atoms with Crippen molar-refractivity contribution in [3.63, 3.8) is 0 Å². The predicted molar refractivity (Wildman–Crippen MR) is 101 cm³/mol. The average molecular weight is 342 g/mol. The molecule has 0 radical (unpaired) electrons. The lowest BCUT2D eigenvalue weighted by Gasteiger charge is -2.36. The maximum absolute atomic E-state index is 13.1. The minimum atomic E-state index is -0.195. The quantitative estimate of drug-likeness (QED) is 0.831. The minimum absolute atomic E-state index is 0.0801. The molecule has 0 aromatic heterocycles. The molecule has 3 rings (SSSR count). The first-order valence-corrected chi connectivity index (χ1v) is 9.72. The molecule has 136 valence electrons. The van der Waals surface area contributed by atoms with Crippen LogP contribution >= 0.6 is 0 Å². The Kier molecular flexibility index (Phi) is 5.45. The highest BCUT2D eigenvalue weighted by Gasteiger charge is 2.39. The molecule has 4 heteroatoms. The Morgan fingerprint density at radius 3 is 2.72 bits per heavy atom. The van der Waals surface area contributed by atoms with Crippen LogP contribution in [-0.4, -0.2) is 35.8 Å². The van der Waals surface area contributed by atoms with Crippen molar-refractivity contribution < 1.29 is 9.59 Å². The van der Waals surface area contributed by atoms with Crippen LogP contribution in [0.25, 0.3) is 0 Å². The third-order valence-corrected chi connectivity index (χ3v) is 5.71. The Morgan fingerprint density at radius 2 is 2.00 bits per heavy atom. The first-order chi connectivity index (χ1) is 12.0. The van der Waals surface area contributed by atoms with Crippen molar-refractivity contribution in [3.05, 3.63) is 29.8 Å². The van der Waals surface area contributed by atoms with Crippen molar-refractivity contribution in [1.82, 2.24) is 4.90 Å². The van der Waals surface area contributed by atoms with Crippen LogP contribution in [0.15, 0.2) is 24.3 Å². The molecular formula is C21H30N2O2. The van der Waals surface area contributed by atoms with Gasteiger partial charge in [-0.15, -0.1) is 0 Å². The largest absolute Gasteiger partial charge is 0.339 e. The number of hydrogen-bond donors (Lipinski definition) is 0. The van der Waals surface area contributed by atoms with E-state index in [0.29, 0.717) is 24.9 Å². The van der Waals surface area contributed by atoms with Crippen molar-refractivity contribution in [2.45, 2.75) is 64.8 Å². The van der Waals surface area contributed by atoms with Crippen LogP contribution in [0.2, 0.25) is 0 Å². The van der Waals surface area contributed by atoms with E-state index < -0.39 is 0 Å². The number of benzene rings is 1. The smallest absolute Gasteiger partial charge is 0.228 e. The van der Waals surface area contributed by atoms with Crippen LogP contribution in [0, 0.1) is 5.92 Å². The molecule has 1 aromatic carbocycles. The zero-order chi connectivity index (χ0) is 18.0. The lowest BCUT2D eigenvalue weighted by molar-refractivity contribution is -0.139. The van der Waals surface area contributed by atoms with Gasteiger partial charge in [-0.2, -0.15) is 0 Å². The van der Waals surface area contributed by atoms with Crippen molar-refractivity contribution in [2.75, 3.05) is 18.0 Å². The molecule has 0 N–H and O–H groups in total. The SMILES string of the molecule is CCC1CCCCN1C(=O)C1CC(=O)N(c2ccccc2C(C)C)C1. The highest BCUT2D eigenvalue weighted by molar-refractivity contribution is 6.01. The van der Waals surface area contributed by atoms with Crippen molar-refractivity contribution in [2.24, 2.45) is 5.92 Å². The van der Waals surface area contributed by atoms with E-state index in [0.717, 1.165) is 31.5 Å². The van der Waals surface area contributed by atoms with Gasteiger partial charge in [-0.1, -0.05) is 39.0 Å². The molecule has 2 heterocycles. The second-order valence-corrected chi connectivity index (χ2v) is 7.71. The van der Waals surface area contributed by atoms with Gasteiger partial charge >= 0.3 is 0 Å². The summed E-state index contributed by atoms with van der Waals surface area (Å²) in [4.78, 5) is 29.6. The van der Waals surface area contributed by atoms with Gasteiger partial charge in [-0.3, -0.25) is 9.59 Å². The summed E-state index contributed by atoms with van der Waals surface area (Å²) in [5.74, 6) is 0.422. The Morgan fingerprint density at radius 1 is 1.24 bits per heavy atom. The topological polar surface area (TPSA) is 40.6 Å². The van der Waals surface area contributed by atoms with Crippen LogP contribution in [0.4, 0.5) is 5.69 Å². The van der Waals surface area contributed by atoms with Crippen molar-refractivity contribution in [1.29, 1.82) is 0 Å².